The van der Waals surface area contributed by atoms with Crippen LogP contribution < -0.4 is 10.0 Å². The Morgan fingerprint density at radius 3 is 2.78 bits per heavy atom. The van der Waals surface area contributed by atoms with Gasteiger partial charge in [-0.15, -0.1) is 0 Å². The van der Waals surface area contributed by atoms with Gasteiger partial charge in [0.15, 0.2) is 0 Å². The van der Waals surface area contributed by atoms with Gasteiger partial charge >= 0.3 is 0 Å². The average Bonchev–Trinajstić information content (AvgIpc) is 2.82. The molecule has 1 aliphatic carbocycles. The molecule has 0 bridgehead atoms. The second-order valence-corrected chi connectivity index (χ2v) is 7.23. The summed E-state index contributed by atoms with van der Waals surface area (Å²) in [4.78, 5) is 0. The van der Waals surface area contributed by atoms with E-state index in [1.165, 1.54) is 12.0 Å². The maximum atomic E-state index is 11.9. The molecule has 0 aromatic heterocycles. The first kappa shape index (κ1) is 14.0. The summed E-state index contributed by atoms with van der Waals surface area (Å²) in [6, 6.07) is 0. The van der Waals surface area contributed by atoms with Gasteiger partial charge in [0.2, 0.25) is 10.0 Å². The Morgan fingerprint density at radius 2 is 2.11 bits per heavy atom. The van der Waals surface area contributed by atoms with Crippen LogP contribution in [0.4, 0.5) is 0 Å². The van der Waals surface area contributed by atoms with Gasteiger partial charge in [0.25, 0.3) is 0 Å². The van der Waals surface area contributed by atoms with E-state index in [-0.39, 0.29) is 0 Å². The van der Waals surface area contributed by atoms with E-state index in [0.717, 1.165) is 45.2 Å². The number of hydrogen-bond acceptors (Lipinski definition) is 3. The van der Waals surface area contributed by atoms with Crippen LogP contribution in [0.2, 0.25) is 0 Å². The zero-order chi connectivity index (χ0) is 12.8. The monoisotopic (exact) mass is 272 g/mol. The van der Waals surface area contributed by atoms with Crippen molar-refractivity contribution < 1.29 is 8.42 Å². The molecule has 1 heterocycles. The minimum atomic E-state index is -3.08. The highest BCUT2D eigenvalue weighted by Gasteiger charge is 2.20. The van der Waals surface area contributed by atoms with Crippen molar-refractivity contribution >= 4 is 10.0 Å². The molecule has 104 valence electrons. The van der Waals surface area contributed by atoms with Crippen LogP contribution in [0.3, 0.4) is 0 Å². The summed E-state index contributed by atoms with van der Waals surface area (Å²) < 4.78 is 26.6. The number of sulfonamides is 1. The molecule has 5 heteroatoms. The minimum Gasteiger partial charge on any atom is -0.317 e. The summed E-state index contributed by atoms with van der Waals surface area (Å²) in [7, 11) is -3.08. The van der Waals surface area contributed by atoms with Gasteiger partial charge < -0.3 is 5.32 Å². The molecule has 2 rings (SSSR count). The molecule has 0 radical (unpaired) electrons. The molecule has 0 amide bonds. The molecule has 0 aromatic carbocycles. The Morgan fingerprint density at radius 1 is 1.33 bits per heavy atom. The first-order valence-electron chi connectivity index (χ1n) is 7.02. The van der Waals surface area contributed by atoms with E-state index in [4.69, 9.17) is 0 Å². The lowest BCUT2D eigenvalue weighted by Gasteiger charge is -2.22. The highest BCUT2D eigenvalue weighted by atomic mass is 32.2. The number of rotatable bonds is 6. The number of nitrogens with one attached hydrogen (secondary N) is 2. The van der Waals surface area contributed by atoms with Gasteiger partial charge in [-0.3, -0.25) is 0 Å². The maximum Gasteiger partial charge on any atom is 0.211 e. The predicted molar refractivity (Wildman–Crippen MR) is 73.9 cm³/mol. The molecular weight excluding hydrogens is 248 g/mol. The largest absolute Gasteiger partial charge is 0.317 e. The van der Waals surface area contributed by atoms with E-state index in [1.54, 1.807) is 0 Å². The number of hydrogen-bond donors (Lipinski definition) is 2. The summed E-state index contributed by atoms with van der Waals surface area (Å²) in [6.45, 7) is 2.47. The van der Waals surface area contributed by atoms with Crippen LogP contribution >= 0.6 is 0 Å². The molecule has 1 fully saturated rings. The van der Waals surface area contributed by atoms with Crippen molar-refractivity contribution in [1.82, 2.24) is 10.0 Å². The molecule has 18 heavy (non-hydrogen) atoms. The summed E-state index contributed by atoms with van der Waals surface area (Å²) in [5.74, 6) is 0.628. The van der Waals surface area contributed by atoms with Gasteiger partial charge in [0, 0.05) is 6.54 Å². The van der Waals surface area contributed by atoms with Gasteiger partial charge in [-0.2, -0.15) is 0 Å². The third kappa shape index (κ3) is 4.71. The first-order valence-corrected chi connectivity index (χ1v) is 8.67. The van der Waals surface area contributed by atoms with E-state index in [0.29, 0.717) is 18.2 Å². The highest BCUT2D eigenvalue weighted by Crippen LogP contribution is 2.20. The smallest absolute Gasteiger partial charge is 0.211 e. The molecule has 4 nitrogen and oxygen atoms in total. The maximum absolute atomic E-state index is 11.9. The van der Waals surface area contributed by atoms with Gasteiger partial charge in [-0.05, 0) is 57.5 Å². The standard InChI is InChI=1S/C13H24N2O2S/c16-18(17,11-13-5-8-14-9-6-13)15-10-7-12-3-1-2-4-12/h3,13-15H,1-2,4-11H2. The van der Waals surface area contributed by atoms with Crippen LogP contribution in [0, 0.1) is 5.92 Å². The Bertz CT molecular complexity index is 384. The fraction of sp³-hybridized carbons (Fsp3) is 0.846. The van der Waals surface area contributed by atoms with Crippen LogP contribution in [-0.4, -0.2) is 33.8 Å². The topological polar surface area (TPSA) is 58.2 Å². The second kappa shape index (κ2) is 6.68. The third-order valence-electron chi connectivity index (χ3n) is 3.82. The lowest BCUT2D eigenvalue weighted by molar-refractivity contribution is 0.400. The van der Waals surface area contributed by atoms with Gasteiger partial charge in [-0.1, -0.05) is 11.6 Å². The van der Waals surface area contributed by atoms with Crippen molar-refractivity contribution in [1.29, 1.82) is 0 Å². The van der Waals surface area contributed by atoms with Crippen LogP contribution in [0.15, 0.2) is 11.6 Å². The molecular formula is C13H24N2O2S. The zero-order valence-corrected chi connectivity index (χ0v) is 11.8. The average molecular weight is 272 g/mol. The molecule has 2 aliphatic rings. The number of piperidine rings is 1. The quantitative estimate of drug-likeness (QED) is 0.719. The Hall–Kier alpha value is -0.390. The zero-order valence-electron chi connectivity index (χ0n) is 11.0. The van der Waals surface area contributed by atoms with Crippen LogP contribution in [-0.2, 0) is 10.0 Å². The Labute approximate surface area is 110 Å². The highest BCUT2D eigenvalue weighted by molar-refractivity contribution is 7.89. The van der Waals surface area contributed by atoms with E-state index in [2.05, 4.69) is 16.1 Å². The van der Waals surface area contributed by atoms with E-state index >= 15 is 0 Å². The normalized spacial score (nSPS) is 22.1. The van der Waals surface area contributed by atoms with E-state index in [1.807, 2.05) is 0 Å². The van der Waals surface area contributed by atoms with E-state index in [9.17, 15) is 8.42 Å². The van der Waals surface area contributed by atoms with Crippen molar-refractivity contribution in [2.75, 3.05) is 25.4 Å². The molecule has 1 aliphatic heterocycles. The molecule has 0 unspecified atom stereocenters. The third-order valence-corrected chi connectivity index (χ3v) is 5.37. The predicted octanol–water partition coefficient (Wildman–Crippen LogP) is 1.41. The SMILES string of the molecule is O=S(=O)(CC1CCNCC1)NCCC1=CCCC1. The van der Waals surface area contributed by atoms with Crippen molar-refractivity contribution in [2.45, 2.75) is 38.5 Å². The molecule has 0 spiro atoms. The first-order chi connectivity index (χ1) is 8.66. The van der Waals surface area contributed by atoms with Gasteiger partial charge in [0.1, 0.15) is 0 Å². The van der Waals surface area contributed by atoms with Gasteiger partial charge in [0.05, 0.1) is 5.75 Å². The second-order valence-electron chi connectivity index (χ2n) is 5.37. The summed E-state index contributed by atoms with van der Waals surface area (Å²) in [5, 5.41) is 3.26. The van der Waals surface area contributed by atoms with Crippen molar-refractivity contribution in [2.24, 2.45) is 5.92 Å². The molecule has 0 atom stereocenters. The summed E-state index contributed by atoms with van der Waals surface area (Å²) >= 11 is 0. The molecule has 0 aromatic rings. The Kier molecular flexibility index (Phi) is 5.21. The van der Waals surface area contributed by atoms with E-state index < -0.39 is 10.0 Å². The molecule has 1 saturated heterocycles. The lowest BCUT2D eigenvalue weighted by Crippen LogP contribution is -2.36. The summed E-state index contributed by atoms with van der Waals surface area (Å²) in [5.41, 5.74) is 1.42. The fourth-order valence-corrected chi connectivity index (χ4v) is 4.23. The molecule has 2 N–H and O–H groups in total. The number of allylic oxidation sites excluding steroid dienone is 1. The van der Waals surface area contributed by atoms with Crippen LogP contribution in [0.25, 0.3) is 0 Å². The van der Waals surface area contributed by atoms with Crippen molar-refractivity contribution in [3.05, 3.63) is 11.6 Å². The molecule has 0 saturated carbocycles. The lowest BCUT2D eigenvalue weighted by atomic mass is 10.0. The Balaban J connectivity index is 1.69. The van der Waals surface area contributed by atoms with Crippen LogP contribution in [0.5, 0.6) is 0 Å². The van der Waals surface area contributed by atoms with Gasteiger partial charge in [-0.25, -0.2) is 13.1 Å². The van der Waals surface area contributed by atoms with Crippen molar-refractivity contribution in [3.8, 4) is 0 Å². The minimum absolute atomic E-state index is 0.299. The summed E-state index contributed by atoms with van der Waals surface area (Å²) in [6.07, 6.45) is 8.63. The van der Waals surface area contributed by atoms with Crippen molar-refractivity contribution in [3.63, 3.8) is 0 Å². The fourth-order valence-electron chi connectivity index (χ4n) is 2.75. The van der Waals surface area contributed by atoms with Crippen LogP contribution in [0.1, 0.15) is 38.5 Å².